The van der Waals surface area contributed by atoms with Gasteiger partial charge in [0.05, 0.1) is 9.95 Å². The van der Waals surface area contributed by atoms with E-state index < -0.39 is 10.9 Å². The number of esters is 1. The van der Waals surface area contributed by atoms with Crippen molar-refractivity contribution in [2.45, 2.75) is 6.92 Å². The van der Waals surface area contributed by atoms with Gasteiger partial charge < -0.3 is 14.2 Å². The first-order chi connectivity index (χ1) is 12.0. The van der Waals surface area contributed by atoms with E-state index in [-0.39, 0.29) is 31.3 Å². The van der Waals surface area contributed by atoms with Gasteiger partial charge in [0, 0.05) is 6.07 Å². The zero-order chi connectivity index (χ0) is 18.2. The molecule has 0 aliphatic heterocycles. The minimum Gasteiger partial charge on any atom is -0.483 e. The van der Waals surface area contributed by atoms with E-state index in [1.165, 1.54) is 12.1 Å². The van der Waals surface area contributed by atoms with Gasteiger partial charge in [-0.25, -0.2) is 4.79 Å². The normalized spacial score (nSPS) is 10.2. The van der Waals surface area contributed by atoms with Gasteiger partial charge in [-0.05, 0) is 30.7 Å². The molecule has 2 aromatic rings. The first-order valence-electron chi connectivity index (χ1n) is 7.38. The van der Waals surface area contributed by atoms with Crippen molar-refractivity contribution >= 4 is 23.3 Å². The molecule has 0 aliphatic carbocycles. The number of benzene rings is 2. The number of rotatable bonds is 8. The van der Waals surface area contributed by atoms with Crippen molar-refractivity contribution in [2.24, 2.45) is 0 Å². The van der Waals surface area contributed by atoms with Crippen LogP contribution in [0.5, 0.6) is 11.5 Å². The smallest absolute Gasteiger partial charge is 0.344 e. The molecule has 2 aromatic carbocycles. The monoisotopic (exact) mass is 365 g/mol. The molecule has 0 aromatic heterocycles. The van der Waals surface area contributed by atoms with Crippen molar-refractivity contribution in [1.29, 1.82) is 0 Å². The van der Waals surface area contributed by atoms with Crippen LogP contribution in [-0.2, 0) is 9.53 Å². The molecule has 2 rings (SSSR count). The average molecular weight is 366 g/mol. The molecule has 0 saturated heterocycles. The third-order valence-electron chi connectivity index (χ3n) is 3.10. The molecule has 0 amide bonds. The number of halogens is 1. The van der Waals surface area contributed by atoms with E-state index in [0.717, 1.165) is 5.56 Å². The number of ether oxygens (including phenoxy) is 3. The molecule has 0 aliphatic rings. The Morgan fingerprint density at radius 1 is 1.12 bits per heavy atom. The zero-order valence-electron chi connectivity index (χ0n) is 13.4. The van der Waals surface area contributed by atoms with Crippen LogP contribution in [-0.4, -0.2) is 30.7 Å². The molecule has 0 atom stereocenters. The van der Waals surface area contributed by atoms with Crippen LogP contribution in [0.3, 0.4) is 0 Å². The fourth-order valence-corrected chi connectivity index (χ4v) is 2.23. The highest BCUT2D eigenvalue weighted by atomic mass is 35.5. The largest absolute Gasteiger partial charge is 0.483 e. The van der Waals surface area contributed by atoms with Crippen molar-refractivity contribution in [3.63, 3.8) is 0 Å². The zero-order valence-corrected chi connectivity index (χ0v) is 14.2. The van der Waals surface area contributed by atoms with Crippen molar-refractivity contribution in [2.75, 3.05) is 19.8 Å². The number of aryl methyl sites for hydroxylation is 1. The maximum Gasteiger partial charge on any atom is 0.344 e. The fourth-order valence-electron chi connectivity index (χ4n) is 1.94. The fraction of sp³-hybridized carbons (Fsp3) is 0.235. The highest BCUT2D eigenvalue weighted by molar-refractivity contribution is 6.32. The summed E-state index contributed by atoms with van der Waals surface area (Å²) in [6, 6.07) is 11.2. The Bertz CT molecular complexity index is 765. The second kappa shape index (κ2) is 8.89. The highest BCUT2D eigenvalue weighted by Crippen LogP contribution is 2.26. The Morgan fingerprint density at radius 3 is 2.60 bits per heavy atom. The number of nitrogens with zero attached hydrogens (tertiary/aromatic N) is 1. The van der Waals surface area contributed by atoms with E-state index in [2.05, 4.69) is 0 Å². The second-order valence-corrected chi connectivity index (χ2v) is 5.42. The molecule has 0 radical (unpaired) electrons. The molecule has 0 spiro atoms. The summed E-state index contributed by atoms with van der Waals surface area (Å²) in [5.41, 5.74) is 0.832. The number of nitro groups is 1. The van der Waals surface area contributed by atoms with Crippen LogP contribution in [0.2, 0.25) is 5.02 Å². The van der Waals surface area contributed by atoms with Gasteiger partial charge in [-0.1, -0.05) is 29.8 Å². The molecule has 0 saturated carbocycles. The van der Waals surface area contributed by atoms with Crippen LogP contribution in [0.1, 0.15) is 5.56 Å². The topological polar surface area (TPSA) is 87.9 Å². The van der Waals surface area contributed by atoms with Gasteiger partial charge in [0.15, 0.2) is 12.4 Å². The summed E-state index contributed by atoms with van der Waals surface area (Å²) in [5, 5.41) is 11.3. The molecule has 8 heteroatoms. The van der Waals surface area contributed by atoms with Crippen LogP contribution < -0.4 is 9.47 Å². The van der Waals surface area contributed by atoms with Gasteiger partial charge in [-0.2, -0.15) is 0 Å². The number of hydrogen-bond donors (Lipinski definition) is 0. The van der Waals surface area contributed by atoms with Gasteiger partial charge in [0.25, 0.3) is 0 Å². The Kier molecular flexibility index (Phi) is 6.59. The van der Waals surface area contributed by atoms with Crippen molar-refractivity contribution in [1.82, 2.24) is 0 Å². The summed E-state index contributed by atoms with van der Waals surface area (Å²) in [7, 11) is 0. The lowest BCUT2D eigenvalue weighted by atomic mass is 10.2. The molecular weight excluding hydrogens is 350 g/mol. The summed E-state index contributed by atoms with van der Waals surface area (Å²) in [6.07, 6.45) is 0. The molecule has 0 unspecified atom stereocenters. The van der Waals surface area contributed by atoms with E-state index in [9.17, 15) is 14.9 Å². The number of hydrogen-bond acceptors (Lipinski definition) is 6. The predicted molar refractivity (Wildman–Crippen MR) is 91.2 cm³/mol. The summed E-state index contributed by atoms with van der Waals surface area (Å²) >= 11 is 6.00. The van der Waals surface area contributed by atoms with Gasteiger partial charge in [0.2, 0.25) is 0 Å². The maximum atomic E-state index is 11.6. The molecule has 0 N–H and O–H groups in total. The van der Waals surface area contributed by atoms with Gasteiger partial charge >= 0.3 is 11.7 Å². The first kappa shape index (κ1) is 18.5. The Morgan fingerprint density at radius 2 is 1.88 bits per heavy atom. The predicted octanol–water partition coefficient (Wildman–Crippen LogP) is 3.56. The number of para-hydroxylation sites is 2. The van der Waals surface area contributed by atoms with Crippen molar-refractivity contribution < 1.29 is 23.9 Å². The lowest BCUT2D eigenvalue weighted by Gasteiger charge is -2.09. The van der Waals surface area contributed by atoms with E-state index in [4.69, 9.17) is 25.8 Å². The summed E-state index contributed by atoms with van der Waals surface area (Å²) in [4.78, 5) is 21.9. The molecule has 7 nitrogen and oxygen atoms in total. The van der Waals surface area contributed by atoms with Crippen LogP contribution in [0.25, 0.3) is 0 Å². The van der Waals surface area contributed by atoms with E-state index >= 15 is 0 Å². The lowest BCUT2D eigenvalue weighted by Crippen LogP contribution is -2.18. The van der Waals surface area contributed by atoms with E-state index in [1.54, 1.807) is 24.3 Å². The highest BCUT2D eigenvalue weighted by Gasteiger charge is 2.13. The third kappa shape index (κ3) is 5.65. The van der Waals surface area contributed by atoms with Crippen LogP contribution in [0.15, 0.2) is 42.5 Å². The Balaban J connectivity index is 1.73. The standard InChI is InChI=1S/C17H16ClNO6/c1-12-6-7-15(13(18)10-12)25-11-17(20)24-9-8-23-16-5-3-2-4-14(16)19(21)22/h2-7,10H,8-9,11H2,1H3. The minimum absolute atomic E-state index is 0.0120. The first-order valence-corrected chi connectivity index (χ1v) is 7.76. The van der Waals surface area contributed by atoms with Crippen LogP contribution in [0, 0.1) is 17.0 Å². The van der Waals surface area contributed by atoms with Crippen molar-refractivity contribution in [3.05, 3.63) is 63.2 Å². The van der Waals surface area contributed by atoms with Gasteiger partial charge in [-0.15, -0.1) is 0 Å². The van der Waals surface area contributed by atoms with Crippen molar-refractivity contribution in [3.8, 4) is 11.5 Å². The second-order valence-electron chi connectivity index (χ2n) is 5.02. The van der Waals surface area contributed by atoms with Gasteiger partial charge in [-0.3, -0.25) is 10.1 Å². The Labute approximate surface area is 149 Å². The lowest BCUT2D eigenvalue weighted by molar-refractivity contribution is -0.385. The molecule has 0 fully saturated rings. The summed E-state index contributed by atoms with van der Waals surface area (Å²) in [6.45, 7) is 1.52. The number of carbonyl (C=O) groups is 1. The molecule has 25 heavy (non-hydrogen) atoms. The van der Waals surface area contributed by atoms with E-state index in [0.29, 0.717) is 10.8 Å². The third-order valence-corrected chi connectivity index (χ3v) is 3.39. The molecule has 132 valence electrons. The average Bonchev–Trinajstić information content (AvgIpc) is 2.58. The number of carbonyl (C=O) groups excluding carboxylic acids is 1. The van der Waals surface area contributed by atoms with Crippen LogP contribution >= 0.6 is 11.6 Å². The summed E-state index contributed by atoms with van der Waals surface area (Å²) < 4.78 is 15.5. The molecular formula is C17H16ClNO6. The van der Waals surface area contributed by atoms with Crippen LogP contribution in [0.4, 0.5) is 5.69 Å². The SMILES string of the molecule is Cc1ccc(OCC(=O)OCCOc2ccccc2[N+](=O)[O-])c(Cl)c1. The summed E-state index contributed by atoms with van der Waals surface area (Å²) in [5.74, 6) is -0.0885. The van der Waals surface area contributed by atoms with E-state index in [1.807, 2.05) is 13.0 Å². The minimum atomic E-state index is -0.595. The quantitative estimate of drug-likeness (QED) is 0.307. The molecule has 0 bridgehead atoms. The van der Waals surface area contributed by atoms with Gasteiger partial charge in [0.1, 0.15) is 19.0 Å². The molecule has 0 heterocycles. The maximum absolute atomic E-state index is 11.6. The Hall–Kier alpha value is -2.80. The number of nitro benzene ring substituents is 1.